The summed E-state index contributed by atoms with van der Waals surface area (Å²) in [5, 5.41) is 21.7. The maximum Gasteiger partial charge on any atom is 1.00 e. The number of benzene rings is 6. The second kappa shape index (κ2) is 15.1. The van der Waals surface area contributed by atoms with Gasteiger partial charge < -0.3 is 50.5 Å². The Hall–Kier alpha value is -7.82. The van der Waals surface area contributed by atoms with Gasteiger partial charge in [-0.15, -0.1) is 0 Å². The quantitative estimate of drug-likeness (QED) is 0.0972. The van der Waals surface area contributed by atoms with E-state index in [9.17, 15) is 33.9 Å². The Morgan fingerprint density at radius 2 is 0.863 bits per heavy atom. The van der Waals surface area contributed by atoms with Gasteiger partial charge >= 0.3 is 30.8 Å². The van der Waals surface area contributed by atoms with Crippen molar-refractivity contribution < 1.29 is 68.4 Å². The molecule has 6 aromatic carbocycles. The number of nitrogens with zero attached hydrogens (tertiary/aromatic N) is 4. The van der Waals surface area contributed by atoms with E-state index in [2.05, 4.69) is 24.3 Å². The summed E-state index contributed by atoms with van der Waals surface area (Å²) in [4.78, 5) is 78.7. The first-order valence-corrected chi connectivity index (χ1v) is 23.6. The molecule has 18 nitrogen and oxygen atoms in total. The molecule has 16 rings (SSSR count). The fourth-order valence-electron chi connectivity index (χ4n) is 14.2. The first-order chi connectivity index (χ1) is 33.9. The van der Waals surface area contributed by atoms with Crippen LogP contribution in [-0.4, -0.2) is 87.6 Å². The van der Waals surface area contributed by atoms with Crippen molar-refractivity contribution in [3.05, 3.63) is 119 Å². The van der Waals surface area contributed by atoms with Crippen LogP contribution in [0.2, 0.25) is 0 Å². The molecule has 360 valence electrons. The van der Waals surface area contributed by atoms with E-state index >= 15 is 0 Å². The molecule has 4 aliphatic heterocycles. The minimum Gasteiger partial charge on any atom is -0.870 e. The van der Waals surface area contributed by atoms with Gasteiger partial charge in [0.05, 0.1) is 63.0 Å². The largest absolute Gasteiger partial charge is 1.00 e. The number of esters is 1. The zero-order chi connectivity index (χ0) is 47.6. The van der Waals surface area contributed by atoms with Crippen LogP contribution in [0.1, 0.15) is 98.2 Å². The summed E-state index contributed by atoms with van der Waals surface area (Å²) in [5.41, 5.74) is 19.6. The topological polar surface area (TPSA) is 289 Å². The minimum absolute atomic E-state index is 0. The first kappa shape index (κ1) is 46.3. The number of hydrogen-bond acceptors (Lipinski definition) is 10. The van der Waals surface area contributed by atoms with Gasteiger partial charge in [-0.1, -0.05) is 72.8 Å². The molecule has 10 N–H and O–H groups in total. The normalized spacial score (nSPS) is 23.7. The van der Waals surface area contributed by atoms with E-state index in [-0.39, 0.29) is 66.9 Å². The number of amides is 4. The number of para-hydroxylation sites is 4. The number of carbonyl (C=O) groups excluding carboxylic acids is 5. The number of hydrogen-bond donors (Lipinski definition) is 5. The Labute approximate surface area is 423 Å². The van der Waals surface area contributed by atoms with Crippen LogP contribution in [0.15, 0.2) is 97.1 Å². The maximum absolute atomic E-state index is 13.4. The molecule has 10 aromatic rings. The standard InChI is InChI=1S/C28H22N4O4.C26H18N4O4.Li.2H2O/c1-2-36-27(35)28(29)12-13-11-18(28)32-17-10-6-4-8-15(17)20-22-21(25(33)30-26(22)34)19-14-7-3-5-9-16(14)31(13)23(19)24(20)32;27-26(25(33)34)10-11-9-16(26)30-15-8-4-2-6-13(15)18-20-19(23(31)28-24(20)32)17-12-5-1-3-7-14(12)29(11)21(17)22(18)30;;;/h3-10,13,18H,2,11-12,29H2,1H3,(H,30,33,34);1-8,11,16H,9-10,27H2,(H,33,34)(H,28,31,32);;2*1H2/q;;+1;;/p-1/t13?,18?,28-;11?,16?,26-;;;/m00.../s1. The molecule has 4 unspecified atom stereocenters. The molecule has 6 atom stereocenters. The molecular formula is C54H43LiN8O10. The van der Waals surface area contributed by atoms with Gasteiger partial charge in [-0.2, -0.15) is 0 Å². The van der Waals surface area contributed by atoms with Gasteiger partial charge in [-0.05, 0) is 56.9 Å². The van der Waals surface area contributed by atoms with Gasteiger partial charge in [0.2, 0.25) is 0 Å². The molecule has 2 saturated carbocycles. The molecule has 0 radical (unpaired) electrons. The monoisotopic (exact) mass is 970 g/mol. The van der Waals surface area contributed by atoms with E-state index in [0.717, 1.165) is 81.8 Å². The van der Waals surface area contributed by atoms with Crippen LogP contribution in [0, 0.1) is 0 Å². The fourth-order valence-corrected chi connectivity index (χ4v) is 14.2. The Bertz CT molecular complexity index is 4280. The molecule has 8 heterocycles. The van der Waals surface area contributed by atoms with Gasteiger partial charge in [0, 0.05) is 77.2 Å². The number of rotatable bonds is 3. The summed E-state index contributed by atoms with van der Waals surface area (Å²) in [6.07, 6.45) is 1.87. The number of aromatic nitrogens is 4. The van der Waals surface area contributed by atoms with Crippen LogP contribution < -0.4 is 41.0 Å². The smallest absolute Gasteiger partial charge is 0.870 e. The summed E-state index contributed by atoms with van der Waals surface area (Å²) in [6, 6.07) is 30.2. The summed E-state index contributed by atoms with van der Waals surface area (Å²) < 4.78 is 14.1. The van der Waals surface area contributed by atoms with Crippen molar-refractivity contribution in [3.8, 4) is 0 Å². The zero-order valence-electron chi connectivity index (χ0n) is 39.3. The third-order valence-electron chi connectivity index (χ3n) is 16.7. The number of nitrogens with two attached hydrogens (primary N) is 2. The molecule has 2 fully saturated rings. The van der Waals surface area contributed by atoms with E-state index < -0.39 is 46.8 Å². The van der Waals surface area contributed by atoms with E-state index in [1.165, 1.54) is 0 Å². The van der Waals surface area contributed by atoms with Crippen LogP contribution in [0.5, 0.6) is 0 Å². The molecule has 19 heteroatoms. The van der Waals surface area contributed by atoms with Crippen molar-refractivity contribution >= 4 is 123 Å². The summed E-state index contributed by atoms with van der Waals surface area (Å²) in [5.74, 6) is -3.02. The number of carbonyl (C=O) groups is 6. The SMILES string of the molecule is CCOC(=O)[C@]1(N)CC2CC1n1c3ccccc3c3c4c(c5c6ccccc6n2c5c31)C(=O)NC4=O.N[C@@]1(C(=O)O)CC2CC1n1c3ccccc3c3c4c(c5c6ccccc6n2c5c31)C(=O)NC4=O.O.[Li+].[OH-]. The van der Waals surface area contributed by atoms with Gasteiger partial charge in [0.1, 0.15) is 11.1 Å². The van der Waals surface area contributed by atoms with E-state index in [1.807, 2.05) is 102 Å². The Balaban J connectivity index is 0.000000143. The van der Waals surface area contributed by atoms with Crippen molar-refractivity contribution in [3.63, 3.8) is 0 Å². The number of nitrogens with one attached hydrogen (secondary N) is 2. The van der Waals surface area contributed by atoms with Crippen molar-refractivity contribution in [1.29, 1.82) is 0 Å². The third-order valence-corrected chi connectivity index (χ3v) is 16.7. The molecule has 2 aliphatic carbocycles. The molecule has 6 aliphatic rings. The summed E-state index contributed by atoms with van der Waals surface area (Å²) in [6.45, 7) is 2.04. The molecule has 4 amide bonds. The minimum atomic E-state index is -1.47. The van der Waals surface area contributed by atoms with Crippen molar-refractivity contribution in [2.75, 3.05) is 6.61 Å². The predicted octanol–water partition coefficient (Wildman–Crippen LogP) is 3.40. The van der Waals surface area contributed by atoms with E-state index in [1.54, 1.807) is 6.92 Å². The van der Waals surface area contributed by atoms with Gasteiger partial charge in [0.15, 0.2) is 0 Å². The van der Waals surface area contributed by atoms with Crippen LogP contribution in [0.25, 0.3) is 87.2 Å². The summed E-state index contributed by atoms with van der Waals surface area (Å²) in [7, 11) is 0. The Morgan fingerprint density at radius 3 is 1.21 bits per heavy atom. The van der Waals surface area contributed by atoms with Gasteiger partial charge in [-0.3, -0.25) is 34.6 Å². The van der Waals surface area contributed by atoms with Crippen LogP contribution in [0.4, 0.5) is 0 Å². The number of ether oxygens (including phenoxy) is 1. The van der Waals surface area contributed by atoms with E-state index in [0.29, 0.717) is 46.9 Å². The number of carboxylic acid groups (broad SMARTS) is 1. The molecule has 73 heavy (non-hydrogen) atoms. The van der Waals surface area contributed by atoms with Crippen molar-refractivity contribution in [2.45, 2.75) is 67.9 Å². The molecule has 0 saturated heterocycles. The second-order valence-corrected chi connectivity index (χ2v) is 19.8. The third kappa shape index (κ3) is 5.26. The second-order valence-electron chi connectivity index (χ2n) is 19.8. The van der Waals surface area contributed by atoms with Crippen LogP contribution in [-0.2, 0) is 14.3 Å². The number of fused-ring (bicyclic) bond motifs is 26. The molecular weight excluding hydrogens is 928 g/mol. The van der Waals surface area contributed by atoms with E-state index in [4.69, 9.17) is 16.2 Å². The number of aliphatic carboxylic acids is 1. The molecule has 0 spiro atoms. The van der Waals surface area contributed by atoms with Gasteiger partial charge in [0.25, 0.3) is 23.6 Å². The van der Waals surface area contributed by atoms with Crippen molar-refractivity contribution in [1.82, 2.24) is 28.9 Å². The molecule has 4 bridgehead atoms. The van der Waals surface area contributed by atoms with Crippen LogP contribution >= 0.6 is 0 Å². The average Bonchev–Trinajstić information content (AvgIpc) is 4.22. The number of imide groups is 2. The first-order valence-electron chi connectivity index (χ1n) is 23.6. The van der Waals surface area contributed by atoms with Gasteiger partial charge in [-0.25, -0.2) is 4.79 Å². The Kier molecular flexibility index (Phi) is 9.58. The van der Waals surface area contributed by atoms with Crippen molar-refractivity contribution in [2.24, 2.45) is 11.5 Å². The number of carboxylic acids is 1. The Morgan fingerprint density at radius 1 is 0.562 bits per heavy atom. The zero-order valence-corrected chi connectivity index (χ0v) is 39.3. The summed E-state index contributed by atoms with van der Waals surface area (Å²) >= 11 is 0. The molecule has 4 aromatic heterocycles. The fraction of sp³-hybridized carbons (Fsp3) is 0.222. The maximum atomic E-state index is 13.4. The average molecular weight is 971 g/mol. The van der Waals surface area contributed by atoms with Crippen LogP contribution in [0.3, 0.4) is 0 Å². The predicted molar refractivity (Wildman–Crippen MR) is 267 cm³/mol.